The molecule has 0 aromatic heterocycles. The molecule has 0 aromatic rings. The van der Waals surface area contributed by atoms with Crippen LogP contribution < -0.4 is 0 Å². The maximum Gasteiger partial charge on any atom is 0.320 e. The molecule has 0 bridgehead atoms. The normalized spacial score (nSPS) is 12.9. The number of allylic oxidation sites excluding steroid dienone is 4. The van der Waals surface area contributed by atoms with Gasteiger partial charge in [-0.05, 0) is 65.0 Å². The largest absolute Gasteiger partial charge is 0.468 e. The van der Waals surface area contributed by atoms with Gasteiger partial charge in [0.2, 0.25) is 0 Å². The zero-order valence-electron chi connectivity index (χ0n) is 20.7. The van der Waals surface area contributed by atoms with Crippen LogP contribution in [0.15, 0.2) is 24.3 Å². The van der Waals surface area contributed by atoms with Gasteiger partial charge in [0.15, 0.2) is 5.92 Å². The minimum atomic E-state index is -0.828. The Kier molecular flexibility index (Phi) is 19.2. The van der Waals surface area contributed by atoms with Gasteiger partial charge in [-0.15, -0.1) is 0 Å². The molecule has 0 aliphatic heterocycles. The molecule has 0 aliphatic rings. The molecule has 180 valence electrons. The summed E-state index contributed by atoms with van der Waals surface area (Å²) < 4.78 is 9.61. The molecule has 0 radical (unpaired) electrons. The average Bonchev–Trinajstić information content (AvgIpc) is 2.75. The first-order valence-electron chi connectivity index (χ1n) is 12.1. The molecule has 0 aliphatic carbocycles. The third-order valence-corrected chi connectivity index (χ3v) is 5.48. The van der Waals surface area contributed by atoms with Gasteiger partial charge in [0.25, 0.3) is 0 Å². The minimum Gasteiger partial charge on any atom is -0.468 e. The summed E-state index contributed by atoms with van der Waals surface area (Å²) in [5, 5.41) is 0. The molecule has 5 nitrogen and oxygen atoms in total. The summed E-state index contributed by atoms with van der Waals surface area (Å²) in [6.45, 7) is 3.08. The van der Waals surface area contributed by atoms with Gasteiger partial charge in [-0.3, -0.25) is 9.59 Å². The molecule has 0 fully saturated rings. The molecule has 0 saturated heterocycles. The second kappa shape index (κ2) is 20.3. The van der Waals surface area contributed by atoms with E-state index in [1.165, 1.54) is 59.2 Å². The molecule has 0 N–H and O–H groups in total. The van der Waals surface area contributed by atoms with Gasteiger partial charge in [0, 0.05) is 6.54 Å². The van der Waals surface area contributed by atoms with Gasteiger partial charge < -0.3 is 14.4 Å². The maximum atomic E-state index is 12.0. The van der Waals surface area contributed by atoms with Crippen LogP contribution in [0.4, 0.5) is 0 Å². The van der Waals surface area contributed by atoms with Crippen molar-refractivity contribution in [2.24, 2.45) is 11.8 Å². The third kappa shape index (κ3) is 16.7. The summed E-state index contributed by atoms with van der Waals surface area (Å²) in [5.41, 5.74) is 0. The van der Waals surface area contributed by atoms with Crippen molar-refractivity contribution in [3.05, 3.63) is 24.3 Å². The van der Waals surface area contributed by atoms with Crippen LogP contribution in [-0.4, -0.2) is 51.7 Å². The van der Waals surface area contributed by atoms with Crippen LogP contribution in [-0.2, 0) is 19.1 Å². The van der Waals surface area contributed by atoms with E-state index in [9.17, 15) is 9.59 Å². The van der Waals surface area contributed by atoms with E-state index in [4.69, 9.17) is 9.47 Å². The first kappa shape index (κ1) is 29.4. The fourth-order valence-electron chi connectivity index (χ4n) is 3.77. The highest BCUT2D eigenvalue weighted by atomic mass is 16.5. The highest BCUT2D eigenvalue weighted by Gasteiger charge is 2.31. The highest BCUT2D eigenvalue weighted by molar-refractivity contribution is 5.94. The van der Waals surface area contributed by atoms with Crippen LogP contribution in [0.25, 0.3) is 0 Å². The Balaban J connectivity index is 4.12. The molecule has 5 heteroatoms. The van der Waals surface area contributed by atoms with Crippen molar-refractivity contribution in [3.63, 3.8) is 0 Å². The Morgan fingerprint density at radius 1 is 0.806 bits per heavy atom. The third-order valence-electron chi connectivity index (χ3n) is 5.48. The summed E-state index contributed by atoms with van der Waals surface area (Å²) in [6, 6.07) is 0. The van der Waals surface area contributed by atoms with Crippen molar-refractivity contribution in [1.29, 1.82) is 0 Å². The topological polar surface area (TPSA) is 55.8 Å². The van der Waals surface area contributed by atoms with Crippen molar-refractivity contribution in [1.82, 2.24) is 4.90 Å². The van der Waals surface area contributed by atoms with Crippen LogP contribution in [0.2, 0.25) is 0 Å². The van der Waals surface area contributed by atoms with Crippen LogP contribution in [0.3, 0.4) is 0 Å². The molecular weight excluding hydrogens is 390 g/mol. The molecule has 0 amide bonds. The molecule has 0 spiro atoms. The quantitative estimate of drug-likeness (QED) is 0.108. The zero-order chi connectivity index (χ0) is 23.3. The molecule has 31 heavy (non-hydrogen) atoms. The van der Waals surface area contributed by atoms with Gasteiger partial charge in [-0.25, -0.2) is 0 Å². The summed E-state index contributed by atoms with van der Waals surface area (Å²) in [6.07, 6.45) is 22.6. The Hall–Kier alpha value is -1.62. The molecular formula is C26H47NO4. The number of nitrogens with zero attached hydrogens (tertiary/aromatic N) is 1. The second-order valence-electron chi connectivity index (χ2n) is 8.63. The summed E-state index contributed by atoms with van der Waals surface area (Å²) in [5.74, 6) is -1.57. The predicted molar refractivity (Wildman–Crippen MR) is 129 cm³/mol. The number of esters is 2. The number of hydrogen-bond donors (Lipinski definition) is 0. The summed E-state index contributed by atoms with van der Waals surface area (Å²) in [4.78, 5) is 26.1. The van der Waals surface area contributed by atoms with Gasteiger partial charge >= 0.3 is 11.9 Å². The lowest BCUT2D eigenvalue weighted by molar-refractivity contribution is -0.159. The lowest BCUT2D eigenvalue weighted by atomic mass is 9.89. The van der Waals surface area contributed by atoms with Gasteiger partial charge in [-0.2, -0.15) is 0 Å². The number of carbonyl (C=O) groups excluding carboxylic acids is 2. The zero-order valence-corrected chi connectivity index (χ0v) is 20.7. The fraction of sp³-hybridized carbons (Fsp3) is 0.769. The Morgan fingerprint density at radius 3 is 1.87 bits per heavy atom. The van der Waals surface area contributed by atoms with Crippen molar-refractivity contribution < 1.29 is 19.1 Å². The molecule has 1 atom stereocenters. The van der Waals surface area contributed by atoms with E-state index in [0.29, 0.717) is 6.42 Å². The van der Waals surface area contributed by atoms with E-state index >= 15 is 0 Å². The molecule has 0 saturated carbocycles. The SMILES string of the molecule is CCCCC/C=C\C/C=C\CCCCCCC(CC(C(=O)OC)C(=O)OC)CN(C)C. The lowest BCUT2D eigenvalue weighted by Gasteiger charge is -2.23. The number of ether oxygens (including phenoxy) is 2. The van der Waals surface area contributed by atoms with Crippen molar-refractivity contribution in [2.75, 3.05) is 34.9 Å². The van der Waals surface area contributed by atoms with Gasteiger partial charge in [0.05, 0.1) is 14.2 Å². The molecule has 1 unspecified atom stereocenters. The Bertz CT molecular complexity index is 498. The second-order valence-corrected chi connectivity index (χ2v) is 8.63. The van der Waals surface area contributed by atoms with E-state index in [0.717, 1.165) is 32.2 Å². The molecule has 0 rings (SSSR count). The monoisotopic (exact) mass is 437 g/mol. The summed E-state index contributed by atoms with van der Waals surface area (Å²) in [7, 11) is 6.67. The van der Waals surface area contributed by atoms with E-state index in [2.05, 4.69) is 36.1 Å². The minimum absolute atomic E-state index is 0.266. The fourth-order valence-corrected chi connectivity index (χ4v) is 3.77. The predicted octanol–water partition coefficient (Wildman–Crippen LogP) is 5.94. The Morgan fingerprint density at radius 2 is 1.35 bits per heavy atom. The van der Waals surface area contributed by atoms with Crippen LogP contribution in [0, 0.1) is 11.8 Å². The van der Waals surface area contributed by atoms with Crippen LogP contribution in [0.1, 0.15) is 84.0 Å². The van der Waals surface area contributed by atoms with E-state index in [1.54, 1.807) is 0 Å². The van der Waals surface area contributed by atoms with E-state index < -0.39 is 17.9 Å². The van der Waals surface area contributed by atoms with E-state index in [-0.39, 0.29) is 5.92 Å². The number of unbranched alkanes of at least 4 members (excludes halogenated alkanes) is 7. The number of carbonyl (C=O) groups is 2. The van der Waals surface area contributed by atoms with E-state index in [1.807, 2.05) is 14.1 Å². The van der Waals surface area contributed by atoms with Crippen LogP contribution >= 0.6 is 0 Å². The number of methoxy groups -OCH3 is 2. The van der Waals surface area contributed by atoms with Gasteiger partial charge in [0.1, 0.15) is 0 Å². The first-order valence-corrected chi connectivity index (χ1v) is 12.1. The smallest absolute Gasteiger partial charge is 0.320 e. The van der Waals surface area contributed by atoms with Crippen LogP contribution in [0.5, 0.6) is 0 Å². The standard InChI is InChI=1S/C26H47NO4/c1-6-7-8-9-10-11-12-13-14-15-16-17-18-19-20-23(22-27(2)3)21-24(25(28)30-4)26(29)31-5/h10-11,13-14,23-24H,6-9,12,15-22H2,1-5H3/b11-10-,14-13-. The van der Waals surface area contributed by atoms with Crippen molar-refractivity contribution in [3.8, 4) is 0 Å². The Labute approximate surface area is 191 Å². The van der Waals surface area contributed by atoms with Crippen molar-refractivity contribution in [2.45, 2.75) is 84.0 Å². The molecule has 0 heterocycles. The average molecular weight is 438 g/mol. The summed E-state index contributed by atoms with van der Waals surface area (Å²) >= 11 is 0. The molecule has 0 aromatic carbocycles. The highest BCUT2D eigenvalue weighted by Crippen LogP contribution is 2.22. The number of rotatable bonds is 19. The van der Waals surface area contributed by atoms with Gasteiger partial charge in [-0.1, -0.05) is 63.3 Å². The van der Waals surface area contributed by atoms with Crippen molar-refractivity contribution >= 4 is 11.9 Å². The maximum absolute atomic E-state index is 12.0. The first-order chi connectivity index (χ1) is 15.0. The number of hydrogen-bond acceptors (Lipinski definition) is 5. The lowest BCUT2D eigenvalue weighted by Crippen LogP contribution is -2.32.